The molecule has 0 unspecified atom stereocenters. The second-order valence-corrected chi connectivity index (χ2v) is 2.09. The van der Waals surface area contributed by atoms with Gasteiger partial charge in [-0.1, -0.05) is 0 Å². The Morgan fingerprint density at radius 3 is 2.56 bits per heavy atom. The Labute approximate surface area is 54.1 Å². The Hall–Kier alpha value is -1.05. The van der Waals surface area contributed by atoms with Crippen molar-refractivity contribution in [1.29, 1.82) is 0 Å². The molecule has 0 fully saturated rings. The predicted octanol–water partition coefficient (Wildman–Crippen LogP) is 1.15. The van der Waals surface area contributed by atoms with Crippen molar-refractivity contribution in [1.82, 2.24) is 4.57 Å². The Morgan fingerprint density at radius 2 is 2.33 bits per heavy atom. The van der Waals surface area contributed by atoms with Crippen molar-refractivity contribution < 1.29 is 4.79 Å². The third-order valence-corrected chi connectivity index (χ3v) is 1.55. The molecule has 0 N–H and O–H groups in total. The average molecular weight is 123 g/mol. The molecule has 0 saturated heterocycles. The Morgan fingerprint density at radius 1 is 1.67 bits per heavy atom. The molecule has 0 aliphatic rings. The van der Waals surface area contributed by atoms with Gasteiger partial charge in [-0.05, 0) is 13.0 Å². The van der Waals surface area contributed by atoms with Gasteiger partial charge < -0.3 is 4.57 Å². The number of carbonyl (C=O) groups is 1. The fourth-order valence-corrected chi connectivity index (χ4v) is 0.753. The van der Waals surface area contributed by atoms with Crippen molar-refractivity contribution in [2.24, 2.45) is 7.05 Å². The summed E-state index contributed by atoms with van der Waals surface area (Å²) in [5.74, 6) is 0. The highest BCUT2D eigenvalue weighted by Gasteiger charge is 1.97. The topological polar surface area (TPSA) is 22.0 Å². The van der Waals surface area contributed by atoms with Gasteiger partial charge in [0.25, 0.3) is 0 Å². The fraction of sp³-hybridized carbons (Fsp3) is 0.286. The van der Waals surface area contributed by atoms with Crippen LogP contribution in [0.1, 0.15) is 16.1 Å². The minimum Gasteiger partial charge on any atom is -0.354 e. The van der Waals surface area contributed by atoms with Gasteiger partial charge in [0.1, 0.15) is 0 Å². The quantitative estimate of drug-likeness (QED) is 0.513. The fourth-order valence-electron chi connectivity index (χ4n) is 0.753. The first-order valence-electron chi connectivity index (χ1n) is 2.83. The highest BCUT2D eigenvalue weighted by molar-refractivity contribution is 5.76. The van der Waals surface area contributed by atoms with Gasteiger partial charge in [0, 0.05) is 24.5 Å². The van der Waals surface area contributed by atoms with Crippen LogP contribution in [0.2, 0.25) is 0 Å². The maximum atomic E-state index is 10.2. The molecular weight excluding hydrogens is 114 g/mol. The number of aromatic nitrogens is 1. The van der Waals surface area contributed by atoms with Crippen molar-refractivity contribution >= 4 is 6.29 Å². The Kier molecular flexibility index (Phi) is 1.39. The van der Waals surface area contributed by atoms with E-state index in [1.165, 1.54) is 0 Å². The van der Waals surface area contributed by atoms with Gasteiger partial charge in [0.05, 0.1) is 0 Å². The van der Waals surface area contributed by atoms with Crippen LogP contribution in [0.4, 0.5) is 0 Å². The molecule has 1 aromatic rings. The van der Waals surface area contributed by atoms with Crippen LogP contribution in [-0.4, -0.2) is 10.9 Å². The van der Waals surface area contributed by atoms with Crippen LogP contribution < -0.4 is 0 Å². The summed E-state index contributed by atoms with van der Waals surface area (Å²) in [7, 11) is 1.92. The molecule has 0 aromatic carbocycles. The number of aryl methyl sites for hydroxylation is 1. The van der Waals surface area contributed by atoms with Crippen LogP contribution in [0.25, 0.3) is 0 Å². The molecule has 9 heavy (non-hydrogen) atoms. The Balaban J connectivity index is 3.18. The van der Waals surface area contributed by atoms with E-state index in [4.69, 9.17) is 0 Å². The summed E-state index contributed by atoms with van der Waals surface area (Å²) < 4.78 is 1.92. The summed E-state index contributed by atoms with van der Waals surface area (Å²) in [5, 5.41) is 0. The normalized spacial score (nSPS) is 9.56. The molecule has 0 aliphatic carbocycles. The van der Waals surface area contributed by atoms with E-state index >= 15 is 0 Å². The molecule has 1 rings (SSSR count). The highest BCUT2D eigenvalue weighted by atomic mass is 16.1. The van der Waals surface area contributed by atoms with Crippen LogP contribution in [0.3, 0.4) is 0 Å². The second kappa shape index (κ2) is 2.05. The molecule has 0 saturated carbocycles. The standard InChI is InChI=1S/C7H9NO/c1-6-7(5-9)3-4-8(6)2/h3-5H,1-2H3. The monoisotopic (exact) mass is 123 g/mol. The maximum Gasteiger partial charge on any atom is 0.151 e. The van der Waals surface area contributed by atoms with E-state index in [2.05, 4.69) is 0 Å². The van der Waals surface area contributed by atoms with Crippen LogP contribution in [0, 0.1) is 6.92 Å². The third-order valence-electron chi connectivity index (χ3n) is 1.55. The SMILES string of the molecule is Cc1c(C=O)ccn1C. The van der Waals surface area contributed by atoms with Gasteiger partial charge in [0.2, 0.25) is 0 Å². The van der Waals surface area contributed by atoms with E-state index < -0.39 is 0 Å². The molecule has 1 aromatic heterocycles. The van der Waals surface area contributed by atoms with Crippen molar-refractivity contribution in [3.63, 3.8) is 0 Å². The van der Waals surface area contributed by atoms with E-state index in [0.29, 0.717) is 0 Å². The summed E-state index contributed by atoms with van der Waals surface area (Å²) in [4.78, 5) is 10.2. The van der Waals surface area contributed by atoms with Gasteiger partial charge in [-0.25, -0.2) is 0 Å². The molecule has 0 bridgehead atoms. The molecule has 48 valence electrons. The van der Waals surface area contributed by atoms with Gasteiger partial charge in [-0.3, -0.25) is 4.79 Å². The van der Waals surface area contributed by atoms with Crippen molar-refractivity contribution in [2.45, 2.75) is 6.92 Å². The number of rotatable bonds is 1. The second-order valence-electron chi connectivity index (χ2n) is 2.09. The number of nitrogens with zero attached hydrogens (tertiary/aromatic N) is 1. The summed E-state index contributed by atoms with van der Waals surface area (Å²) >= 11 is 0. The average Bonchev–Trinajstić information content (AvgIpc) is 2.15. The van der Waals surface area contributed by atoms with E-state index in [9.17, 15) is 4.79 Å². The first-order chi connectivity index (χ1) is 4.25. The number of carbonyl (C=O) groups excluding carboxylic acids is 1. The minimum atomic E-state index is 0.775. The van der Waals surface area contributed by atoms with Gasteiger partial charge in [-0.2, -0.15) is 0 Å². The lowest BCUT2D eigenvalue weighted by Crippen LogP contribution is -1.89. The number of hydrogen-bond donors (Lipinski definition) is 0. The van der Waals surface area contributed by atoms with E-state index in [1.54, 1.807) is 0 Å². The van der Waals surface area contributed by atoms with Crippen molar-refractivity contribution in [2.75, 3.05) is 0 Å². The van der Waals surface area contributed by atoms with E-state index in [0.717, 1.165) is 17.5 Å². The zero-order valence-electron chi connectivity index (χ0n) is 5.59. The van der Waals surface area contributed by atoms with Gasteiger partial charge >= 0.3 is 0 Å². The largest absolute Gasteiger partial charge is 0.354 e. The first kappa shape index (κ1) is 6.08. The van der Waals surface area contributed by atoms with Crippen LogP contribution in [0.5, 0.6) is 0 Å². The van der Waals surface area contributed by atoms with E-state index in [1.807, 2.05) is 30.8 Å². The lowest BCUT2D eigenvalue weighted by molar-refractivity contribution is 0.112. The minimum absolute atomic E-state index is 0.775. The summed E-state index contributed by atoms with van der Waals surface area (Å²) in [5.41, 5.74) is 1.79. The Bertz CT molecular complexity index is 225. The highest BCUT2D eigenvalue weighted by Crippen LogP contribution is 2.03. The summed E-state index contributed by atoms with van der Waals surface area (Å²) in [6.07, 6.45) is 2.74. The molecule has 0 radical (unpaired) electrons. The summed E-state index contributed by atoms with van der Waals surface area (Å²) in [6.45, 7) is 1.92. The lowest BCUT2D eigenvalue weighted by atomic mass is 10.3. The lowest BCUT2D eigenvalue weighted by Gasteiger charge is -1.92. The van der Waals surface area contributed by atoms with Gasteiger partial charge in [0.15, 0.2) is 6.29 Å². The molecule has 2 nitrogen and oxygen atoms in total. The van der Waals surface area contributed by atoms with Crippen LogP contribution >= 0.6 is 0 Å². The molecule has 0 aliphatic heterocycles. The number of hydrogen-bond acceptors (Lipinski definition) is 1. The zero-order chi connectivity index (χ0) is 6.85. The molecule has 0 amide bonds. The first-order valence-corrected chi connectivity index (χ1v) is 2.83. The molecular formula is C7H9NO. The van der Waals surface area contributed by atoms with Crippen LogP contribution in [-0.2, 0) is 7.05 Å². The molecule has 0 atom stereocenters. The smallest absolute Gasteiger partial charge is 0.151 e. The molecule has 0 spiro atoms. The van der Waals surface area contributed by atoms with Gasteiger partial charge in [-0.15, -0.1) is 0 Å². The molecule has 1 heterocycles. The van der Waals surface area contributed by atoms with Crippen LogP contribution in [0.15, 0.2) is 12.3 Å². The molecule has 2 heteroatoms. The maximum absolute atomic E-state index is 10.2. The van der Waals surface area contributed by atoms with E-state index in [-0.39, 0.29) is 0 Å². The van der Waals surface area contributed by atoms with Crippen molar-refractivity contribution in [3.05, 3.63) is 23.5 Å². The van der Waals surface area contributed by atoms with Crippen molar-refractivity contribution in [3.8, 4) is 0 Å². The summed E-state index contributed by atoms with van der Waals surface area (Å²) in [6, 6.07) is 1.81. The predicted molar refractivity (Wildman–Crippen MR) is 35.5 cm³/mol. The number of aldehydes is 1. The third kappa shape index (κ3) is 0.875. The zero-order valence-corrected chi connectivity index (χ0v) is 5.59.